The molecule has 0 bridgehead atoms. The van der Waals surface area contributed by atoms with E-state index in [2.05, 4.69) is 34.3 Å². The van der Waals surface area contributed by atoms with Crippen molar-refractivity contribution in [1.29, 1.82) is 0 Å². The summed E-state index contributed by atoms with van der Waals surface area (Å²) in [5.41, 5.74) is 0.951. The minimum Gasteiger partial charge on any atom is -0.478 e. The van der Waals surface area contributed by atoms with Gasteiger partial charge in [0.05, 0.1) is 6.61 Å². The quantitative estimate of drug-likeness (QED) is 0.156. The minimum absolute atomic E-state index is 0.266. The van der Waals surface area contributed by atoms with Gasteiger partial charge in [0.2, 0.25) is 0 Å². The molecule has 0 aromatic carbocycles. The van der Waals surface area contributed by atoms with E-state index >= 15 is 0 Å². The summed E-state index contributed by atoms with van der Waals surface area (Å²) in [5, 5.41) is 8.62. The number of carboxylic acids is 1. The third-order valence-electron chi connectivity index (χ3n) is 4.78. The highest BCUT2D eigenvalue weighted by molar-refractivity contribution is 5.86. The molecule has 4 nitrogen and oxygen atoms in total. The molecular weight excluding hydrogens is 376 g/mol. The molecule has 4 heteroatoms. The number of aliphatic carboxylic acids is 1. The van der Waals surface area contributed by atoms with Crippen LogP contribution in [0.3, 0.4) is 0 Å². The van der Waals surface area contributed by atoms with E-state index in [4.69, 9.17) is 9.84 Å². The molecular formula is C26H48O4. The van der Waals surface area contributed by atoms with Gasteiger partial charge in [-0.1, -0.05) is 91.7 Å². The number of hydrogen-bond acceptors (Lipinski definition) is 3. The largest absolute Gasteiger partial charge is 0.478 e. The SMILES string of the molecule is C=C(C)C(=O)OCCCCCCC(C)C.CC(=CCCCCCCC(C)C)C(=O)O. The first kappa shape index (κ1) is 30.6. The number of carbonyl (C=O) groups is 2. The Morgan fingerprint density at radius 3 is 1.73 bits per heavy atom. The van der Waals surface area contributed by atoms with Gasteiger partial charge < -0.3 is 9.84 Å². The standard InChI is InChI=1S/2C13H24O2/c1-11(2)9-7-5-6-8-10-15-13(14)12(3)4;1-11(2)9-7-5-4-6-8-10-12(3)13(14)15/h11H,3,5-10H2,1-2,4H3;10-11H,4-9H2,1-3H3,(H,14,15). The highest BCUT2D eigenvalue weighted by atomic mass is 16.5. The second kappa shape index (κ2) is 20.7. The van der Waals surface area contributed by atoms with Crippen molar-refractivity contribution in [2.45, 2.75) is 112 Å². The number of hydrogen-bond donors (Lipinski definition) is 1. The van der Waals surface area contributed by atoms with Gasteiger partial charge in [0, 0.05) is 11.1 Å². The van der Waals surface area contributed by atoms with Crippen LogP contribution in [0.15, 0.2) is 23.8 Å². The van der Waals surface area contributed by atoms with Crippen molar-refractivity contribution in [3.63, 3.8) is 0 Å². The fourth-order valence-corrected chi connectivity index (χ4v) is 2.75. The number of carbonyl (C=O) groups excluding carboxylic acids is 1. The zero-order chi connectivity index (χ0) is 23.4. The summed E-state index contributed by atoms with van der Waals surface area (Å²) < 4.78 is 4.99. The van der Waals surface area contributed by atoms with E-state index in [0.29, 0.717) is 17.8 Å². The lowest BCUT2D eigenvalue weighted by molar-refractivity contribution is -0.139. The molecule has 1 N–H and O–H groups in total. The summed E-state index contributed by atoms with van der Waals surface area (Å²) >= 11 is 0. The van der Waals surface area contributed by atoms with Crippen LogP contribution < -0.4 is 0 Å². The van der Waals surface area contributed by atoms with Crippen LogP contribution >= 0.6 is 0 Å². The molecule has 0 radical (unpaired) electrons. The molecule has 0 atom stereocenters. The van der Waals surface area contributed by atoms with Gasteiger partial charge in [-0.25, -0.2) is 9.59 Å². The van der Waals surface area contributed by atoms with E-state index in [1.54, 1.807) is 13.8 Å². The maximum Gasteiger partial charge on any atom is 0.333 e. The van der Waals surface area contributed by atoms with E-state index in [1.807, 2.05) is 6.08 Å². The summed E-state index contributed by atoms with van der Waals surface area (Å²) in [7, 11) is 0. The van der Waals surface area contributed by atoms with Crippen LogP contribution in [-0.2, 0) is 14.3 Å². The number of rotatable bonds is 16. The van der Waals surface area contributed by atoms with E-state index in [-0.39, 0.29) is 5.97 Å². The summed E-state index contributed by atoms with van der Waals surface area (Å²) in [5.74, 6) is 0.539. The van der Waals surface area contributed by atoms with E-state index in [1.165, 1.54) is 44.9 Å². The Kier molecular flexibility index (Phi) is 21.1. The molecule has 0 amide bonds. The molecule has 0 aromatic heterocycles. The average Bonchev–Trinajstić information content (AvgIpc) is 2.65. The maximum atomic E-state index is 11.0. The van der Waals surface area contributed by atoms with Gasteiger partial charge in [-0.15, -0.1) is 0 Å². The third kappa shape index (κ3) is 24.5. The van der Waals surface area contributed by atoms with E-state index in [0.717, 1.165) is 37.5 Å². The van der Waals surface area contributed by atoms with Crippen molar-refractivity contribution >= 4 is 11.9 Å². The predicted octanol–water partition coefficient (Wildman–Crippen LogP) is 7.73. The third-order valence-corrected chi connectivity index (χ3v) is 4.78. The molecule has 0 aliphatic heterocycles. The van der Waals surface area contributed by atoms with E-state index in [9.17, 15) is 9.59 Å². The van der Waals surface area contributed by atoms with Gasteiger partial charge in [0.15, 0.2) is 0 Å². The Morgan fingerprint density at radius 2 is 1.30 bits per heavy atom. The Morgan fingerprint density at radius 1 is 0.833 bits per heavy atom. The Hall–Kier alpha value is -1.58. The molecule has 176 valence electrons. The summed E-state index contributed by atoms with van der Waals surface area (Å²) in [6.07, 6.45) is 14.9. The number of esters is 1. The normalized spacial score (nSPS) is 11.3. The van der Waals surface area contributed by atoms with Crippen LogP contribution in [0.5, 0.6) is 0 Å². The first-order valence-electron chi connectivity index (χ1n) is 11.8. The summed E-state index contributed by atoms with van der Waals surface area (Å²) in [6, 6.07) is 0. The van der Waals surface area contributed by atoms with Crippen molar-refractivity contribution in [3.05, 3.63) is 23.8 Å². The molecule has 30 heavy (non-hydrogen) atoms. The molecule has 0 saturated carbocycles. The zero-order valence-electron chi connectivity index (χ0n) is 20.6. The van der Waals surface area contributed by atoms with Crippen molar-refractivity contribution in [2.75, 3.05) is 6.61 Å². The van der Waals surface area contributed by atoms with Gasteiger partial charge in [0.25, 0.3) is 0 Å². The van der Waals surface area contributed by atoms with Gasteiger partial charge >= 0.3 is 11.9 Å². The van der Waals surface area contributed by atoms with Crippen LogP contribution in [0.2, 0.25) is 0 Å². The topological polar surface area (TPSA) is 63.6 Å². The molecule has 0 aromatic rings. The van der Waals surface area contributed by atoms with Gasteiger partial charge in [0.1, 0.15) is 0 Å². The van der Waals surface area contributed by atoms with Crippen molar-refractivity contribution in [1.82, 2.24) is 0 Å². The summed E-state index contributed by atoms with van der Waals surface area (Å²) in [4.78, 5) is 21.5. The van der Waals surface area contributed by atoms with Gasteiger partial charge in [-0.3, -0.25) is 0 Å². The number of allylic oxidation sites excluding steroid dienone is 1. The summed E-state index contributed by atoms with van der Waals surface area (Å²) in [6.45, 7) is 16.4. The number of carboxylic acid groups (broad SMARTS) is 1. The van der Waals surface area contributed by atoms with Gasteiger partial charge in [-0.2, -0.15) is 0 Å². The predicted molar refractivity (Wildman–Crippen MR) is 128 cm³/mol. The number of ether oxygens (including phenoxy) is 1. The Balaban J connectivity index is 0. The lowest BCUT2D eigenvalue weighted by Crippen LogP contribution is -2.06. The van der Waals surface area contributed by atoms with Crippen LogP contribution in [-0.4, -0.2) is 23.7 Å². The molecule has 0 heterocycles. The number of unbranched alkanes of at least 4 members (excludes halogenated alkanes) is 7. The molecule has 0 saturated heterocycles. The molecule has 0 fully saturated rings. The smallest absolute Gasteiger partial charge is 0.333 e. The molecule has 0 unspecified atom stereocenters. The zero-order valence-corrected chi connectivity index (χ0v) is 20.6. The molecule has 0 aliphatic carbocycles. The monoisotopic (exact) mass is 424 g/mol. The Labute approximate surface area is 186 Å². The van der Waals surface area contributed by atoms with Crippen LogP contribution in [0.25, 0.3) is 0 Å². The van der Waals surface area contributed by atoms with Crippen LogP contribution in [0, 0.1) is 11.8 Å². The second-order valence-electron chi connectivity index (χ2n) is 9.09. The lowest BCUT2D eigenvalue weighted by Gasteiger charge is -2.05. The molecule has 0 rings (SSSR count). The highest BCUT2D eigenvalue weighted by Crippen LogP contribution is 2.11. The molecule has 0 spiro atoms. The van der Waals surface area contributed by atoms with Crippen molar-refractivity contribution in [2.24, 2.45) is 11.8 Å². The lowest BCUT2D eigenvalue weighted by atomic mass is 10.0. The van der Waals surface area contributed by atoms with Gasteiger partial charge in [-0.05, 0) is 44.9 Å². The van der Waals surface area contributed by atoms with Crippen LogP contribution in [0.1, 0.15) is 112 Å². The first-order valence-corrected chi connectivity index (χ1v) is 11.8. The van der Waals surface area contributed by atoms with Crippen LogP contribution in [0.4, 0.5) is 0 Å². The molecule has 0 aliphatic rings. The highest BCUT2D eigenvalue weighted by Gasteiger charge is 2.02. The first-order chi connectivity index (χ1) is 14.1. The van der Waals surface area contributed by atoms with E-state index < -0.39 is 5.97 Å². The maximum absolute atomic E-state index is 11.0. The average molecular weight is 425 g/mol. The van der Waals surface area contributed by atoms with Crippen molar-refractivity contribution < 1.29 is 19.4 Å². The van der Waals surface area contributed by atoms with Crippen molar-refractivity contribution in [3.8, 4) is 0 Å². The fourth-order valence-electron chi connectivity index (χ4n) is 2.75. The minimum atomic E-state index is -0.796. The second-order valence-corrected chi connectivity index (χ2v) is 9.09. The fraction of sp³-hybridized carbons (Fsp3) is 0.769. The Bertz CT molecular complexity index is 489.